The molecule has 1 aliphatic rings. The van der Waals surface area contributed by atoms with Gasteiger partial charge in [0, 0.05) is 24.4 Å². The van der Waals surface area contributed by atoms with E-state index in [0.717, 1.165) is 5.56 Å². The molecule has 7 heteroatoms. The van der Waals surface area contributed by atoms with Crippen LogP contribution in [0.1, 0.15) is 31.2 Å². The topological polar surface area (TPSA) is 84.5 Å². The number of carbonyl (C=O) groups excluding carboxylic acids is 3. The number of nitrogens with one attached hydrogen (secondary N) is 2. The van der Waals surface area contributed by atoms with Crippen molar-refractivity contribution in [3.05, 3.63) is 47.0 Å². The molecule has 1 aromatic rings. The van der Waals surface area contributed by atoms with Gasteiger partial charge in [-0.1, -0.05) is 35.9 Å². The summed E-state index contributed by atoms with van der Waals surface area (Å²) in [4.78, 5) is 35.9. The van der Waals surface area contributed by atoms with Crippen LogP contribution in [0.25, 0.3) is 0 Å². The zero-order valence-corrected chi connectivity index (χ0v) is 15.3. The van der Waals surface area contributed by atoms with Gasteiger partial charge in [-0.25, -0.2) is 0 Å². The number of hydrogen-bond acceptors (Lipinski definition) is 4. The van der Waals surface area contributed by atoms with Crippen molar-refractivity contribution >= 4 is 29.4 Å². The summed E-state index contributed by atoms with van der Waals surface area (Å²) >= 11 is 5.84. The molecule has 26 heavy (non-hydrogen) atoms. The first-order chi connectivity index (χ1) is 12.5. The minimum Gasteiger partial charge on any atom is -0.464 e. The molecule has 140 valence electrons. The largest absolute Gasteiger partial charge is 0.464 e. The zero-order chi connectivity index (χ0) is 18.8. The van der Waals surface area contributed by atoms with Crippen LogP contribution >= 0.6 is 11.6 Å². The molecule has 1 aromatic carbocycles. The number of halogens is 1. The molecular formula is C19H23ClN2O4. The lowest BCUT2D eigenvalue weighted by atomic mass is 9.99. The van der Waals surface area contributed by atoms with Gasteiger partial charge in [0.2, 0.25) is 11.8 Å². The van der Waals surface area contributed by atoms with Crippen LogP contribution < -0.4 is 10.6 Å². The summed E-state index contributed by atoms with van der Waals surface area (Å²) in [5.74, 6) is -1.13. The lowest BCUT2D eigenvalue weighted by Crippen LogP contribution is -2.36. The highest BCUT2D eigenvalue weighted by Gasteiger charge is 2.21. The fourth-order valence-electron chi connectivity index (χ4n) is 2.52. The molecule has 2 rings (SSSR count). The lowest BCUT2D eigenvalue weighted by Gasteiger charge is -2.16. The number of rotatable bonds is 4. The highest BCUT2D eigenvalue weighted by Crippen LogP contribution is 2.13. The number of carbonyl (C=O) groups is 3. The SMILES string of the molecule is O=C(CC1C/C=C/CCC(=O)OCCNC1=O)NCc1ccc(Cl)cc1. The van der Waals surface area contributed by atoms with Crippen LogP contribution in [0.15, 0.2) is 36.4 Å². The Morgan fingerprint density at radius 1 is 1.23 bits per heavy atom. The summed E-state index contributed by atoms with van der Waals surface area (Å²) in [6, 6.07) is 7.21. The van der Waals surface area contributed by atoms with Crippen LogP contribution in [0.5, 0.6) is 0 Å². The Bertz CT molecular complexity index is 658. The molecule has 2 amide bonds. The summed E-state index contributed by atoms with van der Waals surface area (Å²) in [5, 5.41) is 6.18. The van der Waals surface area contributed by atoms with E-state index >= 15 is 0 Å². The summed E-state index contributed by atoms with van der Waals surface area (Å²) in [7, 11) is 0. The van der Waals surface area contributed by atoms with Crippen molar-refractivity contribution in [3.8, 4) is 0 Å². The van der Waals surface area contributed by atoms with Gasteiger partial charge in [-0.2, -0.15) is 0 Å². The van der Waals surface area contributed by atoms with E-state index in [-0.39, 0.29) is 37.4 Å². The van der Waals surface area contributed by atoms with Gasteiger partial charge in [-0.3, -0.25) is 14.4 Å². The van der Waals surface area contributed by atoms with Gasteiger partial charge in [-0.15, -0.1) is 0 Å². The van der Waals surface area contributed by atoms with Gasteiger partial charge in [-0.05, 0) is 30.5 Å². The number of amides is 2. The normalized spacial score (nSPS) is 20.1. The van der Waals surface area contributed by atoms with E-state index < -0.39 is 5.92 Å². The second-order valence-corrected chi connectivity index (χ2v) is 6.50. The summed E-state index contributed by atoms with van der Waals surface area (Å²) in [5.41, 5.74) is 0.938. The minimum atomic E-state index is -0.452. The van der Waals surface area contributed by atoms with E-state index in [4.69, 9.17) is 16.3 Å². The van der Waals surface area contributed by atoms with E-state index in [1.807, 2.05) is 24.3 Å². The molecule has 0 aromatic heterocycles. The van der Waals surface area contributed by atoms with E-state index in [9.17, 15) is 14.4 Å². The molecule has 0 aliphatic carbocycles. The Morgan fingerprint density at radius 2 is 2.00 bits per heavy atom. The van der Waals surface area contributed by atoms with Crippen LogP contribution in [-0.2, 0) is 25.7 Å². The number of hydrogen-bond donors (Lipinski definition) is 2. The lowest BCUT2D eigenvalue weighted by molar-refractivity contribution is -0.144. The monoisotopic (exact) mass is 378 g/mol. The molecule has 1 heterocycles. The van der Waals surface area contributed by atoms with Gasteiger partial charge in [0.25, 0.3) is 0 Å². The maximum Gasteiger partial charge on any atom is 0.306 e. The second kappa shape index (κ2) is 10.6. The van der Waals surface area contributed by atoms with Crippen molar-refractivity contribution in [2.45, 2.75) is 32.2 Å². The van der Waals surface area contributed by atoms with Crippen molar-refractivity contribution in [3.63, 3.8) is 0 Å². The predicted octanol–water partition coefficient (Wildman–Crippen LogP) is 2.36. The highest BCUT2D eigenvalue weighted by atomic mass is 35.5. The van der Waals surface area contributed by atoms with E-state index in [0.29, 0.717) is 30.8 Å². The fourth-order valence-corrected chi connectivity index (χ4v) is 2.64. The van der Waals surface area contributed by atoms with Gasteiger partial charge in [0.05, 0.1) is 12.5 Å². The van der Waals surface area contributed by atoms with Crippen molar-refractivity contribution in [1.29, 1.82) is 0 Å². The third-order valence-electron chi connectivity index (χ3n) is 3.97. The molecule has 0 spiro atoms. The molecule has 1 unspecified atom stereocenters. The molecule has 0 fully saturated rings. The van der Waals surface area contributed by atoms with Gasteiger partial charge in [0.1, 0.15) is 6.61 Å². The third-order valence-corrected chi connectivity index (χ3v) is 4.22. The van der Waals surface area contributed by atoms with Crippen LogP contribution in [-0.4, -0.2) is 30.9 Å². The Hall–Kier alpha value is -2.34. The smallest absolute Gasteiger partial charge is 0.306 e. The molecule has 1 atom stereocenters. The zero-order valence-electron chi connectivity index (χ0n) is 14.5. The minimum absolute atomic E-state index is 0.101. The third kappa shape index (κ3) is 7.27. The summed E-state index contributed by atoms with van der Waals surface area (Å²) in [6.07, 6.45) is 5.12. The van der Waals surface area contributed by atoms with Crippen molar-refractivity contribution < 1.29 is 19.1 Å². The average Bonchev–Trinajstić information content (AvgIpc) is 2.62. The molecular weight excluding hydrogens is 356 g/mol. The summed E-state index contributed by atoms with van der Waals surface area (Å²) < 4.78 is 5.00. The number of allylic oxidation sites excluding steroid dienone is 2. The van der Waals surface area contributed by atoms with Gasteiger partial charge in [0.15, 0.2) is 0 Å². The Kier molecular flexibility index (Phi) is 8.15. The molecule has 0 saturated heterocycles. The molecule has 0 saturated carbocycles. The quantitative estimate of drug-likeness (QED) is 0.622. The highest BCUT2D eigenvalue weighted by molar-refractivity contribution is 6.30. The van der Waals surface area contributed by atoms with Gasteiger partial charge < -0.3 is 15.4 Å². The average molecular weight is 379 g/mol. The Labute approximate surface area is 157 Å². The fraction of sp³-hybridized carbons (Fsp3) is 0.421. The number of esters is 1. The van der Waals surface area contributed by atoms with Crippen molar-refractivity contribution in [2.75, 3.05) is 13.2 Å². The maximum absolute atomic E-state index is 12.3. The predicted molar refractivity (Wildman–Crippen MR) is 98.4 cm³/mol. The second-order valence-electron chi connectivity index (χ2n) is 6.06. The van der Waals surface area contributed by atoms with Crippen LogP contribution in [0.4, 0.5) is 0 Å². The molecule has 0 radical (unpaired) electrons. The van der Waals surface area contributed by atoms with Crippen LogP contribution in [0, 0.1) is 5.92 Å². The Morgan fingerprint density at radius 3 is 2.77 bits per heavy atom. The number of cyclic esters (lactones) is 1. The van der Waals surface area contributed by atoms with Crippen molar-refractivity contribution in [1.82, 2.24) is 10.6 Å². The molecule has 6 nitrogen and oxygen atoms in total. The number of benzene rings is 1. The summed E-state index contributed by atoms with van der Waals surface area (Å²) in [6.45, 7) is 0.775. The van der Waals surface area contributed by atoms with Crippen LogP contribution in [0.2, 0.25) is 5.02 Å². The first kappa shape index (κ1) is 20.0. The standard InChI is InChI=1S/C19H23ClN2O4/c20-16-8-6-14(7-9-16)13-22-17(23)12-15-4-2-1-3-5-18(24)26-11-10-21-19(15)25/h1-2,6-9,15H,3-5,10-13H2,(H,21,25)(H,22,23)/b2-1+. The molecule has 2 N–H and O–H groups in total. The van der Waals surface area contributed by atoms with Crippen LogP contribution in [0.3, 0.4) is 0 Å². The van der Waals surface area contributed by atoms with Crippen molar-refractivity contribution in [2.24, 2.45) is 5.92 Å². The number of ether oxygens (including phenoxy) is 1. The van der Waals surface area contributed by atoms with Gasteiger partial charge >= 0.3 is 5.97 Å². The Balaban J connectivity index is 1.87. The van der Waals surface area contributed by atoms with E-state index in [1.54, 1.807) is 12.1 Å². The molecule has 0 bridgehead atoms. The van der Waals surface area contributed by atoms with E-state index in [2.05, 4.69) is 10.6 Å². The maximum atomic E-state index is 12.3. The van der Waals surface area contributed by atoms with E-state index in [1.165, 1.54) is 0 Å². The molecule has 1 aliphatic heterocycles. The first-order valence-corrected chi connectivity index (χ1v) is 9.02. The first-order valence-electron chi connectivity index (χ1n) is 8.64.